The van der Waals surface area contributed by atoms with Gasteiger partial charge in [0.2, 0.25) is 5.91 Å². The van der Waals surface area contributed by atoms with E-state index in [4.69, 9.17) is 0 Å². The summed E-state index contributed by atoms with van der Waals surface area (Å²) in [4.78, 5) is 37.5. The lowest BCUT2D eigenvalue weighted by atomic mass is 9.78. The smallest absolute Gasteiger partial charge is 0.307 e. The van der Waals surface area contributed by atoms with Crippen LogP contribution in [0.25, 0.3) is 10.8 Å². The molecule has 6 heteroatoms. The normalized spacial score (nSPS) is 18.3. The SMILES string of the molecule is O=C(Nc1cccc2ccccc12)c1ccccc1NC(=O)C1CCCCC1C(=O)O. The zero-order chi connectivity index (χ0) is 21.8. The third kappa shape index (κ3) is 4.43. The minimum atomic E-state index is -0.943. The molecule has 1 aliphatic carbocycles. The third-order valence-electron chi connectivity index (χ3n) is 5.89. The molecule has 1 saturated carbocycles. The number of carboxylic acid groups (broad SMARTS) is 1. The molecule has 0 aliphatic heterocycles. The standard InChI is InChI=1S/C25H24N2O4/c28-23(18-11-3-4-12-19(18)25(30)31)27-22-14-6-5-13-20(22)24(29)26-21-15-7-9-16-8-1-2-10-17(16)21/h1-2,5-10,13-15,18-19H,3-4,11-12H2,(H,26,29)(H,27,28)(H,30,31). The van der Waals surface area contributed by atoms with Crippen molar-refractivity contribution >= 4 is 39.9 Å². The van der Waals surface area contributed by atoms with Crippen LogP contribution in [0, 0.1) is 11.8 Å². The van der Waals surface area contributed by atoms with Crippen molar-refractivity contribution in [3.63, 3.8) is 0 Å². The van der Waals surface area contributed by atoms with Crippen LogP contribution in [0.5, 0.6) is 0 Å². The summed E-state index contributed by atoms with van der Waals surface area (Å²) in [6.07, 6.45) is 2.67. The molecule has 0 aromatic heterocycles. The maximum Gasteiger partial charge on any atom is 0.307 e. The molecule has 3 N–H and O–H groups in total. The molecule has 2 atom stereocenters. The highest BCUT2D eigenvalue weighted by molar-refractivity contribution is 6.13. The fraction of sp³-hybridized carbons (Fsp3) is 0.240. The molecule has 2 amide bonds. The van der Waals surface area contributed by atoms with Gasteiger partial charge in [-0.2, -0.15) is 0 Å². The summed E-state index contributed by atoms with van der Waals surface area (Å²) < 4.78 is 0. The Morgan fingerprint density at radius 2 is 1.39 bits per heavy atom. The number of anilines is 2. The van der Waals surface area contributed by atoms with Crippen molar-refractivity contribution in [1.82, 2.24) is 0 Å². The molecule has 4 rings (SSSR count). The van der Waals surface area contributed by atoms with E-state index in [1.807, 2.05) is 42.5 Å². The van der Waals surface area contributed by atoms with Crippen LogP contribution < -0.4 is 10.6 Å². The molecule has 0 radical (unpaired) electrons. The zero-order valence-corrected chi connectivity index (χ0v) is 17.0. The van der Waals surface area contributed by atoms with Gasteiger partial charge in [0.25, 0.3) is 5.91 Å². The highest BCUT2D eigenvalue weighted by atomic mass is 16.4. The van der Waals surface area contributed by atoms with Crippen LogP contribution in [0.4, 0.5) is 11.4 Å². The zero-order valence-electron chi connectivity index (χ0n) is 17.0. The molecule has 2 unspecified atom stereocenters. The van der Waals surface area contributed by atoms with Crippen LogP contribution >= 0.6 is 0 Å². The summed E-state index contributed by atoms with van der Waals surface area (Å²) in [5.74, 6) is -2.92. The first-order valence-corrected chi connectivity index (χ1v) is 10.5. The molecule has 6 nitrogen and oxygen atoms in total. The van der Waals surface area contributed by atoms with E-state index < -0.39 is 17.8 Å². The lowest BCUT2D eigenvalue weighted by molar-refractivity contribution is -0.147. The molecule has 0 heterocycles. The van der Waals surface area contributed by atoms with Gasteiger partial charge in [0, 0.05) is 11.1 Å². The monoisotopic (exact) mass is 416 g/mol. The molecule has 1 aliphatic rings. The number of carbonyl (C=O) groups excluding carboxylic acids is 2. The number of nitrogens with one attached hydrogen (secondary N) is 2. The van der Waals surface area contributed by atoms with Crippen molar-refractivity contribution in [2.45, 2.75) is 25.7 Å². The first-order valence-electron chi connectivity index (χ1n) is 10.5. The first-order chi connectivity index (χ1) is 15.0. The van der Waals surface area contributed by atoms with Gasteiger partial charge in [0.15, 0.2) is 0 Å². The van der Waals surface area contributed by atoms with Crippen molar-refractivity contribution in [1.29, 1.82) is 0 Å². The number of hydrogen-bond donors (Lipinski definition) is 3. The first kappa shape index (κ1) is 20.6. The van der Waals surface area contributed by atoms with Gasteiger partial charge in [0.1, 0.15) is 0 Å². The van der Waals surface area contributed by atoms with Crippen LogP contribution in [0.3, 0.4) is 0 Å². The van der Waals surface area contributed by atoms with Crippen molar-refractivity contribution in [2.24, 2.45) is 11.8 Å². The number of para-hydroxylation sites is 1. The number of aliphatic carboxylic acids is 1. The molecule has 158 valence electrons. The number of hydrogen-bond acceptors (Lipinski definition) is 3. The predicted molar refractivity (Wildman–Crippen MR) is 120 cm³/mol. The Bertz CT molecular complexity index is 1140. The Hall–Kier alpha value is -3.67. The van der Waals surface area contributed by atoms with E-state index in [9.17, 15) is 19.5 Å². The van der Waals surface area contributed by atoms with Gasteiger partial charge in [-0.1, -0.05) is 61.4 Å². The van der Waals surface area contributed by atoms with Crippen molar-refractivity contribution in [3.8, 4) is 0 Å². The Balaban J connectivity index is 1.56. The second kappa shape index (κ2) is 9.00. The molecule has 31 heavy (non-hydrogen) atoms. The highest BCUT2D eigenvalue weighted by Crippen LogP contribution is 2.32. The Morgan fingerprint density at radius 3 is 2.19 bits per heavy atom. The summed E-state index contributed by atoms with van der Waals surface area (Å²) in [6.45, 7) is 0. The highest BCUT2D eigenvalue weighted by Gasteiger charge is 2.36. The number of fused-ring (bicyclic) bond motifs is 1. The van der Waals surface area contributed by atoms with E-state index in [0.29, 0.717) is 29.8 Å². The number of carboxylic acids is 1. The largest absolute Gasteiger partial charge is 0.481 e. The van der Waals surface area contributed by atoms with Gasteiger partial charge in [-0.25, -0.2) is 0 Å². The fourth-order valence-corrected chi connectivity index (χ4v) is 4.28. The van der Waals surface area contributed by atoms with E-state index in [2.05, 4.69) is 10.6 Å². The predicted octanol–water partition coefficient (Wildman–Crippen LogP) is 4.92. The van der Waals surface area contributed by atoms with Crippen LogP contribution in [0.2, 0.25) is 0 Å². The fourth-order valence-electron chi connectivity index (χ4n) is 4.28. The Kier molecular flexibility index (Phi) is 5.98. The van der Waals surface area contributed by atoms with Gasteiger partial charge in [-0.15, -0.1) is 0 Å². The molecule has 3 aromatic carbocycles. The minimum Gasteiger partial charge on any atom is -0.481 e. The summed E-state index contributed by atoms with van der Waals surface area (Å²) >= 11 is 0. The molecule has 0 saturated heterocycles. The van der Waals surface area contributed by atoms with Gasteiger partial charge in [0.05, 0.1) is 23.1 Å². The van der Waals surface area contributed by atoms with Crippen molar-refractivity contribution in [3.05, 3.63) is 72.3 Å². The van der Waals surface area contributed by atoms with Crippen LogP contribution in [-0.2, 0) is 9.59 Å². The lowest BCUT2D eigenvalue weighted by Crippen LogP contribution is -2.36. The van der Waals surface area contributed by atoms with E-state index in [0.717, 1.165) is 23.6 Å². The maximum absolute atomic E-state index is 13.1. The number of benzene rings is 3. The van der Waals surface area contributed by atoms with E-state index in [-0.39, 0.29) is 11.8 Å². The Morgan fingerprint density at radius 1 is 0.742 bits per heavy atom. The number of rotatable bonds is 5. The summed E-state index contributed by atoms with van der Waals surface area (Å²) in [5, 5.41) is 17.2. The average molecular weight is 416 g/mol. The Labute approximate surface area is 180 Å². The lowest BCUT2D eigenvalue weighted by Gasteiger charge is -2.27. The average Bonchev–Trinajstić information content (AvgIpc) is 2.79. The van der Waals surface area contributed by atoms with Gasteiger partial charge < -0.3 is 15.7 Å². The topological polar surface area (TPSA) is 95.5 Å². The molecule has 0 bridgehead atoms. The third-order valence-corrected chi connectivity index (χ3v) is 5.89. The molecule has 1 fully saturated rings. The number of amides is 2. The quantitative estimate of drug-likeness (QED) is 0.550. The molecule has 0 spiro atoms. The molecular weight excluding hydrogens is 392 g/mol. The van der Waals surface area contributed by atoms with Crippen LogP contribution in [0.15, 0.2) is 66.7 Å². The van der Waals surface area contributed by atoms with Gasteiger partial charge in [-0.05, 0) is 36.4 Å². The van der Waals surface area contributed by atoms with E-state index in [1.54, 1.807) is 24.3 Å². The summed E-state index contributed by atoms with van der Waals surface area (Å²) in [5.41, 5.74) is 1.38. The van der Waals surface area contributed by atoms with Gasteiger partial charge >= 0.3 is 5.97 Å². The second-order valence-electron chi connectivity index (χ2n) is 7.85. The van der Waals surface area contributed by atoms with Crippen molar-refractivity contribution < 1.29 is 19.5 Å². The second-order valence-corrected chi connectivity index (χ2v) is 7.85. The molecule has 3 aromatic rings. The summed E-state index contributed by atoms with van der Waals surface area (Å²) in [6, 6.07) is 20.2. The summed E-state index contributed by atoms with van der Waals surface area (Å²) in [7, 11) is 0. The minimum absolute atomic E-state index is 0.325. The van der Waals surface area contributed by atoms with Crippen LogP contribution in [-0.4, -0.2) is 22.9 Å². The van der Waals surface area contributed by atoms with Gasteiger partial charge in [-0.3, -0.25) is 14.4 Å². The number of carbonyl (C=O) groups is 3. The maximum atomic E-state index is 13.1. The van der Waals surface area contributed by atoms with Crippen molar-refractivity contribution in [2.75, 3.05) is 10.6 Å². The van der Waals surface area contributed by atoms with E-state index in [1.165, 1.54) is 0 Å². The van der Waals surface area contributed by atoms with E-state index >= 15 is 0 Å². The molecular formula is C25H24N2O4. The van der Waals surface area contributed by atoms with Crippen LogP contribution in [0.1, 0.15) is 36.0 Å².